The van der Waals surface area contributed by atoms with Crippen molar-refractivity contribution in [2.75, 3.05) is 26.2 Å². The zero-order valence-electron chi connectivity index (χ0n) is 12.9. The summed E-state index contributed by atoms with van der Waals surface area (Å²) in [7, 11) is 0. The number of aromatic nitrogens is 1. The molecule has 2 aliphatic rings. The summed E-state index contributed by atoms with van der Waals surface area (Å²) in [5, 5.41) is 4.27. The van der Waals surface area contributed by atoms with Gasteiger partial charge in [-0.3, -0.25) is 4.79 Å². The Bertz CT molecular complexity index is 633. The van der Waals surface area contributed by atoms with Gasteiger partial charge in [0, 0.05) is 30.4 Å². The van der Waals surface area contributed by atoms with Crippen molar-refractivity contribution in [1.82, 2.24) is 14.8 Å². The van der Waals surface area contributed by atoms with E-state index in [4.69, 9.17) is 0 Å². The SMILES string of the molecule is O=C(NCCCN1CCCC1)c1cc2cn(C3CC3)cc2s1. The van der Waals surface area contributed by atoms with Crippen molar-refractivity contribution >= 4 is 27.3 Å². The zero-order valence-corrected chi connectivity index (χ0v) is 13.7. The molecule has 1 amide bonds. The molecule has 2 aromatic rings. The Morgan fingerprint density at radius 1 is 1.27 bits per heavy atom. The van der Waals surface area contributed by atoms with Crippen molar-refractivity contribution < 1.29 is 4.79 Å². The lowest BCUT2D eigenvalue weighted by Crippen LogP contribution is -2.28. The molecule has 2 aromatic heterocycles. The largest absolute Gasteiger partial charge is 0.351 e. The van der Waals surface area contributed by atoms with E-state index in [1.165, 1.54) is 48.9 Å². The van der Waals surface area contributed by atoms with Gasteiger partial charge < -0.3 is 14.8 Å². The normalized spacial score (nSPS) is 19.1. The monoisotopic (exact) mass is 317 g/mol. The number of hydrogen-bond donors (Lipinski definition) is 1. The highest BCUT2D eigenvalue weighted by Gasteiger charge is 2.24. The first-order valence-electron chi connectivity index (χ1n) is 8.41. The minimum absolute atomic E-state index is 0.0839. The van der Waals surface area contributed by atoms with Crippen LogP contribution in [0.4, 0.5) is 0 Å². The fraction of sp³-hybridized carbons (Fsp3) is 0.588. The number of fused-ring (bicyclic) bond motifs is 1. The first-order chi connectivity index (χ1) is 10.8. The lowest BCUT2D eigenvalue weighted by Gasteiger charge is -2.14. The second kappa shape index (κ2) is 6.05. The lowest BCUT2D eigenvalue weighted by molar-refractivity contribution is 0.0956. The van der Waals surface area contributed by atoms with Crippen LogP contribution >= 0.6 is 11.3 Å². The Morgan fingerprint density at radius 2 is 2.09 bits per heavy atom. The number of thiophene rings is 1. The van der Waals surface area contributed by atoms with E-state index < -0.39 is 0 Å². The van der Waals surface area contributed by atoms with E-state index in [1.807, 2.05) is 6.07 Å². The van der Waals surface area contributed by atoms with Crippen LogP contribution < -0.4 is 5.32 Å². The van der Waals surface area contributed by atoms with Gasteiger partial charge in [-0.15, -0.1) is 11.3 Å². The van der Waals surface area contributed by atoms with Crippen LogP contribution in [0.2, 0.25) is 0 Å². The minimum atomic E-state index is 0.0839. The second-order valence-corrected chi connectivity index (χ2v) is 7.61. The van der Waals surface area contributed by atoms with Crippen molar-refractivity contribution in [2.45, 2.75) is 38.1 Å². The molecular weight excluding hydrogens is 294 g/mol. The third-order valence-electron chi connectivity index (χ3n) is 4.67. The van der Waals surface area contributed by atoms with Crippen LogP contribution in [0.5, 0.6) is 0 Å². The van der Waals surface area contributed by atoms with E-state index in [-0.39, 0.29) is 5.91 Å². The molecule has 0 unspecified atom stereocenters. The van der Waals surface area contributed by atoms with Gasteiger partial charge in [0.25, 0.3) is 5.91 Å². The van der Waals surface area contributed by atoms with Gasteiger partial charge in [-0.25, -0.2) is 0 Å². The number of hydrogen-bond acceptors (Lipinski definition) is 3. The maximum Gasteiger partial charge on any atom is 0.261 e. The van der Waals surface area contributed by atoms with Crippen LogP contribution in [0, 0.1) is 0 Å². The Labute approximate surface area is 135 Å². The molecule has 0 radical (unpaired) electrons. The highest BCUT2D eigenvalue weighted by atomic mass is 32.1. The minimum Gasteiger partial charge on any atom is -0.351 e. The van der Waals surface area contributed by atoms with Crippen LogP contribution in [0.25, 0.3) is 10.1 Å². The van der Waals surface area contributed by atoms with E-state index in [0.29, 0.717) is 6.04 Å². The molecule has 5 heteroatoms. The summed E-state index contributed by atoms with van der Waals surface area (Å²) in [5.74, 6) is 0.0839. The molecule has 4 rings (SSSR count). The van der Waals surface area contributed by atoms with Crippen molar-refractivity contribution in [1.29, 1.82) is 0 Å². The van der Waals surface area contributed by atoms with E-state index in [0.717, 1.165) is 24.4 Å². The molecule has 1 saturated heterocycles. The molecule has 1 N–H and O–H groups in total. The van der Waals surface area contributed by atoms with E-state index in [1.54, 1.807) is 11.3 Å². The van der Waals surface area contributed by atoms with Gasteiger partial charge in [0.1, 0.15) is 0 Å². The zero-order chi connectivity index (χ0) is 14.9. The molecule has 22 heavy (non-hydrogen) atoms. The fourth-order valence-corrected chi connectivity index (χ4v) is 4.24. The van der Waals surface area contributed by atoms with Gasteiger partial charge in [-0.1, -0.05) is 0 Å². The quantitative estimate of drug-likeness (QED) is 0.830. The lowest BCUT2D eigenvalue weighted by atomic mass is 10.3. The van der Waals surface area contributed by atoms with E-state index in [9.17, 15) is 4.79 Å². The maximum atomic E-state index is 12.2. The second-order valence-electron chi connectivity index (χ2n) is 6.53. The molecular formula is C17H23N3OS. The van der Waals surface area contributed by atoms with Gasteiger partial charge in [-0.2, -0.15) is 0 Å². The van der Waals surface area contributed by atoms with Gasteiger partial charge >= 0.3 is 0 Å². The number of nitrogens with one attached hydrogen (secondary N) is 1. The van der Waals surface area contributed by atoms with Gasteiger partial charge in [-0.05, 0) is 57.8 Å². The van der Waals surface area contributed by atoms with Crippen LogP contribution in [0.1, 0.15) is 47.8 Å². The molecule has 2 fully saturated rings. The molecule has 0 atom stereocenters. The van der Waals surface area contributed by atoms with Crippen LogP contribution in [0.15, 0.2) is 18.5 Å². The number of amides is 1. The predicted octanol–water partition coefficient (Wildman–Crippen LogP) is 3.25. The van der Waals surface area contributed by atoms with Crippen LogP contribution in [0.3, 0.4) is 0 Å². The third kappa shape index (κ3) is 3.06. The third-order valence-corrected chi connectivity index (χ3v) is 5.76. The van der Waals surface area contributed by atoms with Crippen LogP contribution in [-0.2, 0) is 0 Å². The Hall–Kier alpha value is -1.33. The average Bonchev–Trinajstić information content (AvgIpc) is 2.93. The van der Waals surface area contributed by atoms with Gasteiger partial charge in [0.05, 0.1) is 9.58 Å². The highest BCUT2D eigenvalue weighted by molar-refractivity contribution is 7.20. The fourth-order valence-electron chi connectivity index (χ4n) is 3.25. The molecule has 1 saturated carbocycles. The van der Waals surface area contributed by atoms with E-state index >= 15 is 0 Å². The molecule has 0 spiro atoms. The summed E-state index contributed by atoms with van der Waals surface area (Å²) in [5.41, 5.74) is 0. The maximum absolute atomic E-state index is 12.2. The molecule has 118 valence electrons. The Morgan fingerprint density at radius 3 is 2.82 bits per heavy atom. The topological polar surface area (TPSA) is 37.3 Å². The first kappa shape index (κ1) is 14.3. The van der Waals surface area contributed by atoms with Crippen molar-refractivity contribution in [3.63, 3.8) is 0 Å². The molecule has 1 aliphatic heterocycles. The molecule has 0 aromatic carbocycles. The predicted molar refractivity (Wildman–Crippen MR) is 90.7 cm³/mol. The summed E-state index contributed by atoms with van der Waals surface area (Å²) in [6, 6.07) is 2.75. The van der Waals surface area contributed by atoms with Crippen molar-refractivity contribution in [3.05, 3.63) is 23.3 Å². The Kier molecular flexibility index (Phi) is 3.92. The average molecular weight is 317 g/mol. The highest BCUT2D eigenvalue weighted by Crippen LogP contribution is 2.38. The summed E-state index contributed by atoms with van der Waals surface area (Å²) in [6.07, 6.45) is 10.7. The first-order valence-corrected chi connectivity index (χ1v) is 9.23. The number of likely N-dealkylation sites (tertiary alicyclic amines) is 1. The molecule has 1 aliphatic carbocycles. The molecule has 3 heterocycles. The van der Waals surface area contributed by atoms with Crippen LogP contribution in [-0.4, -0.2) is 41.6 Å². The molecule has 4 nitrogen and oxygen atoms in total. The van der Waals surface area contributed by atoms with Crippen molar-refractivity contribution in [2.24, 2.45) is 0 Å². The number of carbonyl (C=O) groups excluding carboxylic acids is 1. The number of nitrogens with zero attached hydrogens (tertiary/aromatic N) is 2. The summed E-state index contributed by atoms with van der Waals surface area (Å²) in [4.78, 5) is 15.5. The summed E-state index contributed by atoms with van der Waals surface area (Å²) >= 11 is 1.61. The summed E-state index contributed by atoms with van der Waals surface area (Å²) in [6.45, 7) is 4.35. The Balaban J connectivity index is 1.29. The smallest absolute Gasteiger partial charge is 0.261 e. The van der Waals surface area contributed by atoms with Gasteiger partial charge in [0.2, 0.25) is 0 Å². The van der Waals surface area contributed by atoms with E-state index in [2.05, 4.69) is 27.2 Å². The van der Waals surface area contributed by atoms with Gasteiger partial charge in [0.15, 0.2) is 0 Å². The van der Waals surface area contributed by atoms with Crippen molar-refractivity contribution in [3.8, 4) is 0 Å². The number of rotatable bonds is 6. The molecule has 0 bridgehead atoms. The number of carbonyl (C=O) groups is 1. The summed E-state index contributed by atoms with van der Waals surface area (Å²) < 4.78 is 3.54. The standard InChI is InChI=1S/C17H23N3OS/c21-17(18-6-3-9-19-7-1-2-8-19)15-10-13-11-20(14-4-5-14)12-16(13)22-15/h10-12,14H,1-9H2,(H,18,21).